The molecule has 0 bridgehead atoms. The van der Waals surface area contributed by atoms with E-state index >= 15 is 0 Å². The molecule has 0 saturated carbocycles. The van der Waals surface area contributed by atoms with Gasteiger partial charge in [-0.15, -0.1) is 0 Å². The van der Waals surface area contributed by atoms with Crippen molar-refractivity contribution in [2.24, 2.45) is 0 Å². The Morgan fingerprint density at radius 2 is 1.85 bits per heavy atom. The van der Waals surface area contributed by atoms with Crippen molar-refractivity contribution >= 4 is 5.78 Å². The Morgan fingerprint density at radius 3 is 2.30 bits per heavy atom. The van der Waals surface area contributed by atoms with Gasteiger partial charge in [0.1, 0.15) is 5.82 Å². The van der Waals surface area contributed by atoms with Gasteiger partial charge in [-0.3, -0.25) is 9.69 Å². The number of nitrogens with zero attached hydrogens (tertiary/aromatic N) is 1. The SMILES string of the molecule is CC(C(=O)c1ccc(F)cc1)N(CCO)CC(F)(F)F. The van der Waals surface area contributed by atoms with Gasteiger partial charge >= 0.3 is 6.18 Å². The lowest BCUT2D eigenvalue weighted by atomic mass is 10.0. The molecule has 1 N–H and O–H groups in total. The van der Waals surface area contributed by atoms with E-state index in [0.717, 1.165) is 17.0 Å². The summed E-state index contributed by atoms with van der Waals surface area (Å²) in [5, 5.41) is 8.80. The minimum absolute atomic E-state index is 0.129. The highest BCUT2D eigenvalue weighted by Crippen LogP contribution is 2.19. The minimum atomic E-state index is -4.47. The van der Waals surface area contributed by atoms with E-state index in [0.29, 0.717) is 0 Å². The maximum absolute atomic E-state index is 12.7. The number of carbonyl (C=O) groups excluding carboxylic acids is 1. The van der Waals surface area contributed by atoms with Crippen LogP contribution in [0.1, 0.15) is 17.3 Å². The molecular weight excluding hydrogens is 278 g/mol. The summed E-state index contributed by atoms with van der Waals surface area (Å²) in [6.45, 7) is -0.723. The van der Waals surface area contributed by atoms with Crippen LogP contribution in [0.4, 0.5) is 17.6 Å². The normalized spacial score (nSPS) is 13.6. The Bertz CT molecular complexity index is 445. The van der Waals surface area contributed by atoms with Crippen LogP contribution in [0.3, 0.4) is 0 Å². The van der Waals surface area contributed by atoms with Crippen molar-refractivity contribution in [2.45, 2.75) is 19.1 Å². The summed E-state index contributed by atoms with van der Waals surface area (Å²) in [6.07, 6.45) is -4.47. The van der Waals surface area contributed by atoms with Gasteiger partial charge in [0.15, 0.2) is 5.78 Å². The van der Waals surface area contributed by atoms with E-state index in [9.17, 15) is 22.4 Å². The van der Waals surface area contributed by atoms with Crippen molar-refractivity contribution < 1.29 is 27.5 Å². The summed E-state index contributed by atoms with van der Waals surface area (Å²) >= 11 is 0. The van der Waals surface area contributed by atoms with Crippen molar-refractivity contribution in [1.29, 1.82) is 0 Å². The molecule has 1 aromatic carbocycles. The second-order valence-electron chi connectivity index (χ2n) is 4.36. The summed E-state index contributed by atoms with van der Waals surface area (Å²) in [4.78, 5) is 12.9. The molecule has 0 aliphatic rings. The predicted octanol–water partition coefficient (Wildman–Crippen LogP) is 2.25. The van der Waals surface area contributed by atoms with Gasteiger partial charge in [-0.1, -0.05) is 0 Å². The summed E-state index contributed by atoms with van der Waals surface area (Å²) in [7, 11) is 0. The van der Waals surface area contributed by atoms with Crippen LogP contribution in [-0.2, 0) is 0 Å². The first kappa shape index (κ1) is 16.6. The number of aliphatic hydroxyl groups is 1. The number of aliphatic hydroxyl groups excluding tert-OH is 1. The van der Waals surface area contributed by atoms with Crippen LogP contribution in [0.5, 0.6) is 0 Å². The molecule has 0 fully saturated rings. The molecule has 3 nitrogen and oxygen atoms in total. The van der Waals surface area contributed by atoms with Crippen LogP contribution in [0.25, 0.3) is 0 Å². The lowest BCUT2D eigenvalue weighted by Gasteiger charge is -2.28. The summed E-state index contributed by atoms with van der Waals surface area (Å²) in [5.41, 5.74) is 0.129. The molecule has 1 aromatic rings. The maximum atomic E-state index is 12.7. The lowest BCUT2D eigenvalue weighted by Crippen LogP contribution is -2.45. The average molecular weight is 293 g/mol. The van der Waals surface area contributed by atoms with E-state index in [1.54, 1.807) is 0 Å². The third-order valence-electron chi connectivity index (χ3n) is 2.83. The summed E-state index contributed by atoms with van der Waals surface area (Å²) in [5.74, 6) is -1.08. The Morgan fingerprint density at radius 1 is 1.30 bits per heavy atom. The molecule has 0 aromatic heterocycles. The standard InChI is InChI=1S/C13H15F4NO2/c1-9(18(6-7-19)8-13(15,16)17)12(20)10-2-4-11(14)5-3-10/h2-5,9,19H,6-8H2,1H3. The molecule has 0 amide bonds. The molecule has 0 heterocycles. The van der Waals surface area contributed by atoms with Gasteiger partial charge in [0, 0.05) is 12.1 Å². The zero-order valence-corrected chi connectivity index (χ0v) is 10.8. The maximum Gasteiger partial charge on any atom is 0.401 e. The number of Topliss-reactive ketones (excluding diaryl/α,β-unsaturated/α-hetero) is 1. The predicted molar refractivity (Wildman–Crippen MR) is 64.9 cm³/mol. The second kappa shape index (κ2) is 6.81. The van der Waals surface area contributed by atoms with Gasteiger partial charge in [-0.05, 0) is 31.2 Å². The molecule has 20 heavy (non-hydrogen) atoms. The highest BCUT2D eigenvalue weighted by Gasteiger charge is 2.34. The number of ketones is 1. The average Bonchev–Trinajstić information content (AvgIpc) is 2.36. The first-order valence-electron chi connectivity index (χ1n) is 5.96. The van der Waals surface area contributed by atoms with Crippen molar-refractivity contribution in [3.63, 3.8) is 0 Å². The monoisotopic (exact) mass is 293 g/mol. The highest BCUT2D eigenvalue weighted by atomic mass is 19.4. The molecule has 0 aliphatic heterocycles. The number of alkyl halides is 3. The molecule has 1 rings (SSSR count). The summed E-state index contributed by atoms with van der Waals surface area (Å²) in [6, 6.07) is 3.52. The van der Waals surface area contributed by atoms with Crippen LogP contribution in [0.2, 0.25) is 0 Å². The van der Waals surface area contributed by atoms with Crippen molar-refractivity contribution in [3.8, 4) is 0 Å². The number of rotatable bonds is 6. The van der Waals surface area contributed by atoms with Gasteiger partial charge in [-0.25, -0.2) is 4.39 Å². The van der Waals surface area contributed by atoms with E-state index in [-0.39, 0.29) is 12.1 Å². The van der Waals surface area contributed by atoms with Gasteiger partial charge in [0.05, 0.1) is 19.2 Å². The fraction of sp³-hybridized carbons (Fsp3) is 0.462. The first-order valence-corrected chi connectivity index (χ1v) is 5.96. The molecule has 0 saturated heterocycles. The van der Waals surface area contributed by atoms with Crippen molar-refractivity contribution in [1.82, 2.24) is 4.90 Å². The zero-order chi connectivity index (χ0) is 15.3. The molecule has 0 aliphatic carbocycles. The largest absolute Gasteiger partial charge is 0.401 e. The Kier molecular flexibility index (Phi) is 5.64. The van der Waals surface area contributed by atoms with Crippen LogP contribution in [0.15, 0.2) is 24.3 Å². The number of halogens is 4. The molecular formula is C13H15F4NO2. The van der Waals surface area contributed by atoms with Crippen LogP contribution < -0.4 is 0 Å². The lowest BCUT2D eigenvalue weighted by molar-refractivity contribution is -0.149. The third kappa shape index (κ3) is 4.90. The van der Waals surface area contributed by atoms with Crippen molar-refractivity contribution in [2.75, 3.05) is 19.7 Å². The number of carbonyl (C=O) groups is 1. The van der Waals surface area contributed by atoms with Gasteiger partial charge in [0.2, 0.25) is 0 Å². The quantitative estimate of drug-likeness (QED) is 0.646. The minimum Gasteiger partial charge on any atom is -0.395 e. The van der Waals surface area contributed by atoms with E-state index in [4.69, 9.17) is 5.11 Å². The van der Waals surface area contributed by atoms with E-state index in [1.165, 1.54) is 19.1 Å². The Balaban J connectivity index is 2.85. The van der Waals surface area contributed by atoms with Gasteiger partial charge in [0.25, 0.3) is 0 Å². The van der Waals surface area contributed by atoms with Crippen molar-refractivity contribution in [3.05, 3.63) is 35.6 Å². The number of hydrogen-bond donors (Lipinski definition) is 1. The number of benzene rings is 1. The van der Waals surface area contributed by atoms with E-state index in [2.05, 4.69) is 0 Å². The van der Waals surface area contributed by atoms with Crippen LogP contribution >= 0.6 is 0 Å². The van der Waals surface area contributed by atoms with Crippen LogP contribution in [-0.4, -0.2) is 47.7 Å². The highest BCUT2D eigenvalue weighted by molar-refractivity contribution is 5.99. The Labute approximate surface area is 113 Å². The fourth-order valence-corrected chi connectivity index (χ4v) is 1.79. The molecule has 0 radical (unpaired) electrons. The fourth-order valence-electron chi connectivity index (χ4n) is 1.79. The first-order chi connectivity index (χ1) is 9.24. The zero-order valence-electron chi connectivity index (χ0n) is 10.8. The summed E-state index contributed by atoms with van der Waals surface area (Å²) < 4.78 is 50.0. The molecule has 1 atom stereocenters. The molecule has 112 valence electrons. The molecule has 1 unspecified atom stereocenters. The topological polar surface area (TPSA) is 40.5 Å². The van der Waals surface area contributed by atoms with Gasteiger partial charge in [-0.2, -0.15) is 13.2 Å². The van der Waals surface area contributed by atoms with E-state index in [1.807, 2.05) is 0 Å². The smallest absolute Gasteiger partial charge is 0.395 e. The van der Waals surface area contributed by atoms with Crippen LogP contribution in [0, 0.1) is 5.82 Å². The van der Waals surface area contributed by atoms with Gasteiger partial charge < -0.3 is 5.11 Å². The number of hydrogen-bond acceptors (Lipinski definition) is 3. The molecule has 7 heteroatoms. The molecule has 0 spiro atoms. The van der Waals surface area contributed by atoms with E-state index < -0.39 is 37.0 Å². The second-order valence-corrected chi connectivity index (χ2v) is 4.36. The third-order valence-corrected chi connectivity index (χ3v) is 2.83. The Hall–Kier alpha value is -1.47.